The molecule has 1 aromatic heterocycles. The molecule has 1 heterocycles. The molecule has 0 atom stereocenters. The van der Waals surface area contributed by atoms with Crippen LogP contribution in [0.2, 0.25) is 5.02 Å². The molecule has 17 heavy (non-hydrogen) atoms. The van der Waals surface area contributed by atoms with Crippen LogP contribution in [0.3, 0.4) is 0 Å². The van der Waals surface area contributed by atoms with Gasteiger partial charge in [-0.2, -0.15) is 0 Å². The summed E-state index contributed by atoms with van der Waals surface area (Å²) < 4.78 is 0. The lowest BCUT2D eigenvalue weighted by Gasteiger charge is -2.08. The fourth-order valence-electron chi connectivity index (χ4n) is 1.43. The van der Waals surface area contributed by atoms with Crippen molar-refractivity contribution >= 4 is 28.9 Å². The number of hydrogen-bond donors (Lipinski definition) is 2. The lowest BCUT2D eigenvalue weighted by molar-refractivity contribution is 1.16. The first-order chi connectivity index (χ1) is 8.19. The first-order valence-corrected chi connectivity index (χ1v) is 5.60. The van der Waals surface area contributed by atoms with E-state index in [2.05, 4.69) is 20.6 Å². The number of nitrogens with one attached hydrogen (secondary N) is 2. The van der Waals surface area contributed by atoms with Crippen LogP contribution >= 0.6 is 11.6 Å². The SMILES string of the molecule is CNc1cc(Nc2ccc(Cl)c(C)c2)ncn1. The van der Waals surface area contributed by atoms with Crippen molar-refractivity contribution in [3.63, 3.8) is 0 Å². The number of benzene rings is 1. The Labute approximate surface area is 105 Å². The van der Waals surface area contributed by atoms with Crippen molar-refractivity contribution in [1.29, 1.82) is 0 Å². The number of anilines is 3. The Morgan fingerprint density at radius 2 is 1.88 bits per heavy atom. The number of nitrogens with zero attached hydrogens (tertiary/aromatic N) is 2. The predicted octanol–water partition coefficient (Wildman–Crippen LogP) is 3.22. The number of hydrogen-bond acceptors (Lipinski definition) is 4. The van der Waals surface area contributed by atoms with Crippen LogP contribution in [0.1, 0.15) is 5.56 Å². The lowest BCUT2D eigenvalue weighted by atomic mass is 10.2. The third-order valence-corrected chi connectivity index (χ3v) is 2.78. The summed E-state index contributed by atoms with van der Waals surface area (Å²) in [7, 11) is 1.82. The fraction of sp³-hybridized carbons (Fsp3) is 0.167. The fourth-order valence-corrected chi connectivity index (χ4v) is 1.55. The van der Waals surface area contributed by atoms with Crippen molar-refractivity contribution < 1.29 is 0 Å². The Bertz CT molecular complexity index is 528. The molecule has 0 saturated heterocycles. The molecule has 0 bridgehead atoms. The van der Waals surface area contributed by atoms with E-state index in [4.69, 9.17) is 11.6 Å². The Morgan fingerprint density at radius 3 is 2.59 bits per heavy atom. The molecule has 2 rings (SSSR count). The van der Waals surface area contributed by atoms with Crippen molar-refractivity contribution in [2.75, 3.05) is 17.7 Å². The summed E-state index contributed by atoms with van der Waals surface area (Å²) in [4.78, 5) is 8.19. The van der Waals surface area contributed by atoms with Crippen molar-refractivity contribution in [2.24, 2.45) is 0 Å². The van der Waals surface area contributed by atoms with Crippen LogP contribution in [0, 0.1) is 6.92 Å². The van der Waals surface area contributed by atoms with Crippen molar-refractivity contribution in [3.05, 3.63) is 41.2 Å². The average molecular weight is 249 g/mol. The van der Waals surface area contributed by atoms with Crippen LogP contribution in [0.25, 0.3) is 0 Å². The van der Waals surface area contributed by atoms with Gasteiger partial charge in [0.05, 0.1) is 0 Å². The molecule has 0 spiro atoms. The molecular formula is C12H13ClN4. The normalized spacial score (nSPS) is 10.1. The van der Waals surface area contributed by atoms with Gasteiger partial charge in [0.25, 0.3) is 0 Å². The number of halogens is 1. The maximum absolute atomic E-state index is 5.97. The van der Waals surface area contributed by atoms with Crippen molar-refractivity contribution in [3.8, 4) is 0 Å². The molecular weight excluding hydrogens is 236 g/mol. The van der Waals surface area contributed by atoms with Crippen LogP contribution in [0.15, 0.2) is 30.6 Å². The summed E-state index contributed by atoms with van der Waals surface area (Å²) in [5.41, 5.74) is 1.98. The van der Waals surface area contributed by atoms with Gasteiger partial charge in [-0.25, -0.2) is 9.97 Å². The van der Waals surface area contributed by atoms with Gasteiger partial charge in [0.1, 0.15) is 18.0 Å². The van der Waals surface area contributed by atoms with E-state index >= 15 is 0 Å². The van der Waals surface area contributed by atoms with E-state index in [1.54, 1.807) is 0 Å². The third-order valence-electron chi connectivity index (χ3n) is 2.35. The van der Waals surface area contributed by atoms with Gasteiger partial charge in [-0.3, -0.25) is 0 Å². The minimum atomic E-state index is 0.742. The molecule has 0 saturated carbocycles. The second kappa shape index (κ2) is 5.01. The zero-order valence-electron chi connectivity index (χ0n) is 9.66. The minimum absolute atomic E-state index is 0.742. The van der Waals surface area contributed by atoms with E-state index in [-0.39, 0.29) is 0 Å². The number of aryl methyl sites for hydroxylation is 1. The average Bonchev–Trinajstić information content (AvgIpc) is 2.34. The standard InChI is InChI=1S/C12H13ClN4/c1-8-5-9(3-4-10(8)13)17-12-6-11(14-2)15-7-16-12/h3-7H,1-2H3,(H2,14,15,16,17). The van der Waals surface area contributed by atoms with E-state index in [1.807, 2.05) is 38.2 Å². The third kappa shape index (κ3) is 2.85. The quantitative estimate of drug-likeness (QED) is 0.876. The van der Waals surface area contributed by atoms with Crippen LogP contribution in [-0.4, -0.2) is 17.0 Å². The Morgan fingerprint density at radius 1 is 1.12 bits per heavy atom. The zero-order valence-corrected chi connectivity index (χ0v) is 10.4. The van der Waals surface area contributed by atoms with Gasteiger partial charge in [0, 0.05) is 23.8 Å². The summed E-state index contributed by atoms with van der Waals surface area (Å²) in [6.07, 6.45) is 1.51. The zero-order chi connectivity index (χ0) is 12.3. The van der Waals surface area contributed by atoms with Crippen molar-refractivity contribution in [2.45, 2.75) is 6.92 Å². The molecule has 0 radical (unpaired) electrons. The van der Waals surface area contributed by atoms with Gasteiger partial charge >= 0.3 is 0 Å². The van der Waals surface area contributed by atoms with E-state index in [0.717, 1.165) is 27.9 Å². The summed E-state index contributed by atoms with van der Waals surface area (Å²) in [5.74, 6) is 1.51. The van der Waals surface area contributed by atoms with Crippen LogP contribution in [-0.2, 0) is 0 Å². The summed E-state index contributed by atoms with van der Waals surface area (Å²) >= 11 is 5.97. The first-order valence-electron chi connectivity index (χ1n) is 5.22. The minimum Gasteiger partial charge on any atom is -0.373 e. The first kappa shape index (κ1) is 11.7. The van der Waals surface area contributed by atoms with Crippen molar-refractivity contribution in [1.82, 2.24) is 9.97 Å². The topological polar surface area (TPSA) is 49.8 Å². The molecule has 2 aromatic rings. The van der Waals surface area contributed by atoms with Gasteiger partial charge in [-0.1, -0.05) is 11.6 Å². The van der Waals surface area contributed by atoms with Gasteiger partial charge < -0.3 is 10.6 Å². The van der Waals surface area contributed by atoms with E-state index in [1.165, 1.54) is 6.33 Å². The second-order valence-electron chi connectivity index (χ2n) is 3.63. The molecule has 0 aliphatic heterocycles. The van der Waals surface area contributed by atoms with Crippen LogP contribution < -0.4 is 10.6 Å². The molecule has 0 amide bonds. The molecule has 5 heteroatoms. The van der Waals surface area contributed by atoms with Crippen LogP contribution in [0.5, 0.6) is 0 Å². The summed E-state index contributed by atoms with van der Waals surface area (Å²) in [6, 6.07) is 7.59. The largest absolute Gasteiger partial charge is 0.373 e. The summed E-state index contributed by atoms with van der Waals surface area (Å²) in [6.45, 7) is 1.96. The molecule has 0 unspecified atom stereocenters. The Balaban J connectivity index is 2.22. The number of rotatable bonds is 3. The maximum Gasteiger partial charge on any atom is 0.135 e. The molecule has 0 aliphatic carbocycles. The van der Waals surface area contributed by atoms with Gasteiger partial charge in [-0.05, 0) is 30.7 Å². The van der Waals surface area contributed by atoms with E-state index < -0.39 is 0 Å². The molecule has 0 aliphatic rings. The predicted molar refractivity (Wildman–Crippen MR) is 71.1 cm³/mol. The monoisotopic (exact) mass is 248 g/mol. The highest BCUT2D eigenvalue weighted by atomic mass is 35.5. The molecule has 0 fully saturated rings. The second-order valence-corrected chi connectivity index (χ2v) is 4.03. The Kier molecular flexibility index (Phi) is 3.44. The lowest BCUT2D eigenvalue weighted by Crippen LogP contribution is -1.98. The van der Waals surface area contributed by atoms with Gasteiger partial charge in [0.15, 0.2) is 0 Å². The summed E-state index contributed by atoms with van der Waals surface area (Å²) in [5, 5.41) is 6.92. The highest BCUT2D eigenvalue weighted by Gasteiger charge is 2.00. The van der Waals surface area contributed by atoms with Crippen LogP contribution in [0.4, 0.5) is 17.3 Å². The maximum atomic E-state index is 5.97. The number of aromatic nitrogens is 2. The highest BCUT2D eigenvalue weighted by molar-refractivity contribution is 6.31. The highest BCUT2D eigenvalue weighted by Crippen LogP contribution is 2.22. The van der Waals surface area contributed by atoms with Gasteiger partial charge in [0.2, 0.25) is 0 Å². The molecule has 2 N–H and O–H groups in total. The Hall–Kier alpha value is -1.81. The molecule has 88 valence electrons. The van der Waals surface area contributed by atoms with E-state index in [9.17, 15) is 0 Å². The molecule has 4 nitrogen and oxygen atoms in total. The van der Waals surface area contributed by atoms with E-state index in [0.29, 0.717) is 0 Å². The molecule has 1 aromatic carbocycles. The van der Waals surface area contributed by atoms with Gasteiger partial charge in [-0.15, -0.1) is 0 Å². The smallest absolute Gasteiger partial charge is 0.135 e.